The van der Waals surface area contributed by atoms with E-state index < -0.39 is 10.1 Å². The summed E-state index contributed by atoms with van der Waals surface area (Å²) in [6.07, 6.45) is 4.09. The van der Waals surface area contributed by atoms with Crippen molar-refractivity contribution in [2.45, 2.75) is 23.8 Å². The van der Waals surface area contributed by atoms with Crippen LogP contribution < -0.4 is 0 Å². The summed E-state index contributed by atoms with van der Waals surface area (Å²) < 4.78 is 27.3. The van der Waals surface area contributed by atoms with Crippen LogP contribution in [0.1, 0.15) is 12.8 Å². The fourth-order valence-corrected chi connectivity index (χ4v) is 1.82. The molecule has 5 nitrogen and oxygen atoms in total. The van der Waals surface area contributed by atoms with Crippen molar-refractivity contribution in [1.29, 1.82) is 0 Å². The number of aromatic amines is 1. The summed E-state index contributed by atoms with van der Waals surface area (Å²) >= 11 is 0. The van der Waals surface area contributed by atoms with E-state index in [0.717, 1.165) is 12.8 Å². The van der Waals surface area contributed by atoms with Crippen LogP contribution in [0, 0.1) is 0 Å². The summed E-state index contributed by atoms with van der Waals surface area (Å²) in [5.41, 5.74) is 0. The Morgan fingerprint density at radius 2 is 2.33 bits per heavy atom. The predicted molar refractivity (Wildman–Crippen MR) is 39.9 cm³/mol. The standard InChI is InChI=1S/C6H8N2O3S/c9-12(10,11-5-1-2-5)6-3-7-8-4-6/h3-5H,1-2H2,(H,7,8). The Bertz CT molecular complexity index is 352. The van der Waals surface area contributed by atoms with Crippen LogP contribution in [0.4, 0.5) is 0 Å². The Hall–Kier alpha value is -0.880. The maximum Gasteiger partial charge on any atom is 0.300 e. The molecule has 1 aliphatic rings. The summed E-state index contributed by atoms with van der Waals surface area (Å²) in [7, 11) is -3.55. The van der Waals surface area contributed by atoms with Crippen molar-refractivity contribution in [3.05, 3.63) is 12.4 Å². The van der Waals surface area contributed by atoms with E-state index in [2.05, 4.69) is 10.2 Å². The first kappa shape index (κ1) is 7.75. The van der Waals surface area contributed by atoms with Gasteiger partial charge in [-0.15, -0.1) is 0 Å². The highest BCUT2D eigenvalue weighted by Gasteiger charge is 2.30. The number of nitrogens with zero attached hydrogens (tertiary/aromatic N) is 1. The lowest BCUT2D eigenvalue weighted by molar-refractivity contribution is 0.305. The molecule has 12 heavy (non-hydrogen) atoms. The van der Waals surface area contributed by atoms with Crippen molar-refractivity contribution >= 4 is 10.1 Å². The van der Waals surface area contributed by atoms with E-state index in [1.54, 1.807) is 0 Å². The zero-order chi connectivity index (χ0) is 8.60. The van der Waals surface area contributed by atoms with Gasteiger partial charge < -0.3 is 0 Å². The average Bonchev–Trinajstić information content (AvgIpc) is 2.67. The molecule has 1 saturated carbocycles. The van der Waals surface area contributed by atoms with E-state index in [9.17, 15) is 8.42 Å². The van der Waals surface area contributed by atoms with Gasteiger partial charge in [0, 0.05) is 6.20 Å². The number of nitrogens with one attached hydrogen (secondary N) is 1. The monoisotopic (exact) mass is 188 g/mol. The van der Waals surface area contributed by atoms with Gasteiger partial charge in [-0.1, -0.05) is 0 Å². The van der Waals surface area contributed by atoms with E-state index in [1.807, 2.05) is 0 Å². The molecule has 1 fully saturated rings. The van der Waals surface area contributed by atoms with Gasteiger partial charge in [0.2, 0.25) is 0 Å². The van der Waals surface area contributed by atoms with Crippen molar-refractivity contribution < 1.29 is 12.6 Å². The van der Waals surface area contributed by atoms with E-state index in [1.165, 1.54) is 12.4 Å². The Morgan fingerprint density at radius 3 is 2.83 bits per heavy atom. The lowest BCUT2D eigenvalue weighted by Crippen LogP contribution is -2.06. The van der Waals surface area contributed by atoms with Crippen LogP contribution in [-0.2, 0) is 14.3 Å². The molecular weight excluding hydrogens is 180 g/mol. The zero-order valence-corrected chi connectivity index (χ0v) is 7.04. The van der Waals surface area contributed by atoms with Crippen LogP contribution in [0.25, 0.3) is 0 Å². The molecular formula is C6H8N2O3S. The Balaban J connectivity index is 2.20. The van der Waals surface area contributed by atoms with Crippen LogP contribution >= 0.6 is 0 Å². The number of rotatable bonds is 3. The van der Waals surface area contributed by atoms with Crippen LogP contribution in [-0.4, -0.2) is 24.7 Å². The molecule has 1 N–H and O–H groups in total. The summed E-state index contributed by atoms with van der Waals surface area (Å²) in [5, 5.41) is 5.95. The molecule has 66 valence electrons. The van der Waals surface area contributed by atoms with Gasteiger partial charge in [-0.2, -0.15) is 13.5 Å². The molecule has 0 radical (unpaired) electrons. The molecule has 1 aromatic rings. The molecule has 1 aromatic heterocycles. The molecule has 2 rings (SSSR count). The Labute approximate surface area is 69.9 Å². The second-order valence-electron chi connectivity index (χ2n) is 2.68. The fraction of sp³-hybridized carbons (Fsp3) is 0.500. The third-order valence-corrected chi connectivity index (χ3v) is 2.88. The minimum absolute atomic E-state index is 0.0920. The third-order valence-electron chi connectivity index (χ3n) is 1.55. The SMILES string of the molecule is O=S(=O)(OC1CC1)c1cn[nH]c1. The summed E-state index contributed by atoms with van der Waals surface area (Å²) in [6.45, 7) is 0. The number of hydrogen-bond donors (Lipinski definition) is 1. The van der Waals surface area contributed by atoms with Gasteiger partial charge in [0.05, 0.1) is 12.3 Å². The maximum absolute atomic E-state index is 11.3. The highest BCUT2D eigenvalue weighted by molar-refractivity contribution is 7.86. The molecule has 0 unspecified atom stereocenters. The van der Waals surface area contributed by atoms with Gasteiger partial charge in [0.1, 0.15) is 4.90 Å². The quantitative estimate of drug-likeness (QED) is 0.691. The van der Waals surface area contributed by atoms with Crippen LogP contribution in [0.3, 0.4) is 0 Å². The largest absolute Gasteiger partial charge is 0.300 e. The van der Waals surface area contributed by atoms with Gasteiger partial charge in [-0.25, -0.2) is 0 Å². The molecule has 0 aromatic carbocycles. The lowest BCUT2D eigenvalue weighted by atomic mass is 10.7. The second kappa shape index (κ2) is 2.56. The smallest absolute Gasteiger partial charge is 0.284 e. The molecule has 1 aliphatic carbocycles. The number of aromatic nitrogens is 2. The molecule has 0 bridgehead atoms. The third kappa shape index (κ3) is 1.49. The molecule has 0 atom stereocenters. The first-order chi connectivity index (χ1) is 5.68. The van der Waals surface area contributed by atoms with E-state index in [4.69, 9.17) is 4.18 Å². The van der Waals surface area contributed by atoms with E-state index >= 15 is 0 Å². The zero-order valence-electron chi connectivity index (χ0n) is 6.23. The fourth-order valence-electron chi connectivity index (χ4n) is 0.775. The van der Waals surface area contributed by atoms with Crippen molar-refractivity contribution in [3.63, 3.8) is 0 Å². The lowest BCUT2D eigenvalue weighted by Gasteiger charge is -1.98. The van der Waals surface area contributed by atoms with Gasteiger partial charge in [0.15, 0.2) is 0 Å². The summed E-state index contributed by atoms with van der Waals surface area (Å²) in [6, 6.07) is 0. The summed E-state index contributed by atoms with van der Waals surface area (Å²) in [4.78, 5) is 0.0920. The molecule has 0 amide bonds. The molecule has 6 heteroatoms. The van der Waals surface area contributed by atoms with Crippen LogP contribution in [0.2, 0.25) is 0 Å². The number of hydrogen-bond acceptors (Lipinski definition) is 4. The predicted octanol–water partition coefficient (Wildman–Crippen LogP) is 0.277. The normalized spacial score (nSPS) is 18.0. The molecule has 0 spiro atoms. The second-order valence-corrected chi connectivity index (χ2v) is 4.26. The highest BCUT2D eigenvalue weighted by atomic mass is 32.2. The minimum atomic E-state index is -3.55. The van der Waals surface area contributed by atoms with Gasteiger partial charge in [-0.05, 0) is 12.8 Å². The molecule has 1 heterocycles. The molecule has 0 saturated heterocycles. The maximum atomic E-state index is 11.3. The van der Waals surface area contributed by atoms with Crippen molar-refractivity contribution in [2.24, 2.45) is 0 Å². The van der Waals surface area contributed by atoms with Crippen LogP contribution in [0.15, 0.2) is 17.3 Å². The van der Waals surface area contributed by atoms with Gasteiger partial charge in [-0.3, -0.25) is 9.28 Å². The van der Waals surface area contributed by atoms with Crippen molar-refractivity contribution in [3.8, 4) is 0 Å². The number of H-pyrrole nitrogens is 1. The van der Waals surface area contributed by atoms with Crippen LogP contribution in [0.5, 0.6) is 0 Å². The topological polar surface area (TPSA) is 72.1 Å². The Morgan fingerprint density at radius 1 is 1.58 bits per heavy atom. The van der Waals surface area contributed by atoms with Gasteiger partial charge in [0.25, 0.3) is 10.1 Å². The summed E-state index contributed by atoms with van der Waals surface area (Å²) in [5.74, 6) is 0. The molecule has 0 aliphatic heterocycles. The first-order valence-corrected chi connectivity index (χ1v) is 5.01. The van der Waals surface area contributed by atoms with Crippen molar-refractivity contribution in [2.75, 3.05) is 0 Å². The first-order valence-electron chi connectivity index (χ1n) is 3.60. The Kier molecular flexibility index (Phi) is 1.66. The van der Waals surface area contributed by atoms with Gasteiger partial charge >= 0.3 is 0 Å². The highest BCUT2D eigenvalue weighted by Crippen LogP contribution is 2.27. The van der Waals surface area contributed by atoms with E-state index in [-0.39, 0.29) is 11.0 Å². The van der Waals surface area contributed by atoms with E-state index in [0.29, 0.717) is 0 Å². The van der Waals surface area contributed by atoms with Crippen molar-refractivity contribution in [1.82, 2.24) is 10.2 Å². The average molecular weight is 188 g/mol. The minimum Gasteiger partial charge on any atom is -0.284 e.